The number of H-pyrrole nitrogens is 1. The minimum absolute atomic E-state index is 0.0120. The summed E-state index contributed by atoms with van der Waals surface area (Å²) in [5, 5.41) is 17.8. The van der Waals surface area contributed by atoms with Gasteiger partial charge in [0.05, 0.1) is 11.5 Å². The first kappa shape index (κ1) is 16.7. The van der Waals surface area contributed by atoms with Gasteiger partial charge in [0.2, 0.25) is 11.8 Å². The van der Waals surface area contributed by atoms with Crippen LogP contribution in [0.5, 0.6) is 5.88 Å². The molecule has 1 aromatic heterocycles. The predicted octanol–water partition coefficient (Wildman–Crippen LogP) is 4.23. The first-order chi connectivity index (χ1) is 11.3. The fourth-order valence-electron chi connectivity index (χ4n) is 2.89. The van der Waals surface area contributed by atoms with Gasteiger partial charge >= 0.3 is 0 Å². The number of halogens is 2. The smallest absolute Gasteiger partial charge is 0.244 e. The summed E-state index contributed by atoms with van der Waals surface area (Å²) in [6, 6.07) is 7.37. The van der Waals surface area contributed by atoms with Crippen LogP contribution in [-0.2, 0) is 5.41 Å². The van der Waals surface area contributed by atoms with Crippen LogP contribution < -0.4 is 10.5 Å². The third-order valence-electron chi connectivity index (χ3n) is 3.98. The number of aromatic amines is 1. The summed E-state index contributed by atoms with van der Waals surface area (Å²) >= 11 is 12.8. The van der Waals surface area contributed by atoms with E-state index in [-0.39, 0.29) is 16.9 Å². The van der Waals surface area contributed by atoms with Crippen LogP contribution in [0.15, 0.2) is 29.7 Å². The van der Waals surface area contributed by atoms with Gasteiger partial charge < -0.3 is 10.5 Å². The molecule has 3 rings (SSSR count). The Kier molecular flexibility index (Phi) is 3.98. The molecule has 124 valence electrons. The summed E-state index contributed by atoms with van der Waals surface area (Å²) < 4.78 is 5.55. The van der Waals surface area contributed by atoms with E-state index in [1.165, 1.54) is 0 Å². The molecule has 0 aliphatic carbocycles. The lowest BCUT2D eigenvalue weighted by Gasteiger charge is -2.28. The normalized spacial score (nSPS) is 17.2. The molecule has 7 heteroatoms. The second kappa shape index (κ2) is 5.73. The number of hydrogen-bond donors (Lipinski definition) is 2. The van der Waals surface area contributed by atoms with Gasteiger partial charge in [0.25, 0.3) is 0 Å². The number of nitrogens with one attached hydrogen (secondary N) is 1. The lowest BCUT2D eigenvalue weighted by Crippen LogP contribution is -2.24. The molecule has 0 fully saturated rings. The number of benzene rings is 1. The van der Waals surface area contributed by atoms with Crippen molar-refractivity contribution < 1.29 is 4.74 Å². The van der Waals surface area contributed by atoms with Crippen LogP contribution in [0, 0.1) is 11.3 Å². The van der Waals surface area contributed by atoms with E-state index < -0.39 is 5.92 Å². The lowest BCUT2D eigenvalue weighted by atomic mass is 9.79. The summed E-state index contributed by atoms with van der Waals surface area (Å²) in [5.74, 6) is -0.178. The number of nitrogens with two attached hydrogens (primary N) is 1. The number of hydrogen-bond acceptors (Lipinski definition) is 4. The molecule has 1 atom stereocenters. The third-order valence-corrected chi connectivity index (χ3v) is 4.64. The van der Waals surface area contributed by atoms with E-state index in [4.69, 9.17) is 33.7 Å². The van der Waals surface area contributed by atoms with Gasteiger partial charge in [0.1, 0.15) is 11.6 Å². The Balaban J connectivity index is 2.36. The highest BCUT2D eigenvalue weighted by atomic mass is 35.5. The van der Waals surface area contributed by atoms with Crippen LogP contribution in [0.25, 0.3) is 0 Å². The van der Waals surface area contributed by atoms with Crippen molar-refractivity contribution in [2.24, 2.45) is 5.73 Å². The molecule has 0 spiro atoms. The van der Waals surface area contributed by atoms with Gasteiger partial charge in [0.15, 0.2) is 0 Å². The maximum Gasteiger partial charge on any atom is 0.244 e. The molecule has 1 aromatic carbocycles. The van der Waals surface area contributed by atoms with Crippen molar-refractivity contribution in [2.45, 2.75) is 32.1 Å². The molecule has 0 bridgehead atoms. The van der Waals surface area contributed by atoms with Crippen molar-refractivity contribution in [3.05, 3.63) is 56.5 Å². The summed E-state index contributed by atoms with van der Waals surface area (Å²) in [6.45, 7) is 6.12. The third kappa shape index (κ3) is 2.52. The summed E-state index contributed by atoms with van der Waals surface area (Å²) in [7, 11) is 0. The van der Waals surface area contributed by atoms with Gasteiger partial charge in [-0.2, -0.15) is 5.26 Å². The highest BCUT2D eigenvalue weighted by Crippen LogP contribution is 2.48. The zero-order valence-corrected chi connectivity index (χ0v) is 15.0. The molecule has 0 saturated carbocycles. The number of aromatic nitrogens is 2. The molecule has 0 radical (unpaired) electrons. The maximum atomic E-state index is 9.65. The van der Waals surface area contributed by atoms with E-state index in [1.807, 2.05) is 20.8 Å². The first-order valence-electron chi connectivity index (χ1n) is 7.36. The molecular formula is C17H16Cl2N4O. The Hall–Kier alpha value is -2.16. The predicted molar refractivity (Wildman–Crippen MR) is 93.0 cm³/mol. The van der Waals surface area contributed by atoms with Gasteiger partial charge in [-0.3, -0.25) is 5.10 Å². The van der Waals surface area contributed by atoms with Gasteiger partial charge in [-0.15, -0.1) is 5.10 Å². The molecule has 0 saturated heterocycles. The average Bonchev–Trinajstić information content (AvgIpc) is 2.90. The molecule has 3 N–H and O–H groups in total. The highest BCUT2D eigenvalue weighted by molar-refractivity contribution is 6.36. The fourth-order valence-corrected chi connectivity index (χ4v) is 3.51. The monoisotopic (exact) mass is 362 g/mol. The zero-order chi connectivity index (χ0) is 17.6. The topological polar surface area (TPSA) is 87.7 Å². The van der Waals surface area contributed by atoms with E-state index in [0.29, 0.717) is 21.5 Å². The molecule has 0 amide bonds. The Labute approximate surface area is 150 Å². The van der Waals surface area contributed by atoms with E-state index in [2.05, 4.69) is 16.3 Å². The second-order valence-corrected chi connectivity index (χ2v) is 7.44. The molecular weight excluding hydrogens is 347 g/mol. The number of ether oxygens (including phenoxy) is 1. The fraction of sp³-hybridized carbons (Fsp3) is 0.294. The lowest BCUT2D eigenvalue weighted by molar-refractivity contribution is 0.378. The molecule has 2 heterocycles. The summed E-state index contributed by atoms with van der Waals surface area (Å²) in [4.78, 5) is 0. The largest absolute Gasteiger partial charge is 0.420 e. The van der Waals surface area contributed by atoms with Crippen molar-refractivity contribution >= 4 is 23.2 Å². The molecule has 1 aliphatic heterocycles. The van der Waals surface area contributed by atoms with Crippen LogP contribution in [-0.4, -0.2) is 10.2 Å². The van der Waals surface area contributed by atoms with Crippen molar-refractivity contribution in [3.63, 3.8) is 0 Å². The first-order valence-corrected chi connectivity index (χ1v) is 8.11. The standard InChI is InChI=1S/C17H16Cl2N4O/c1-17(2,3)14-13-11(12-9(18)5-4-6-10(12)19)8(7-20)15(21)24-16(13)23-22-14/h4-6,11H,21H2,1-3H3,(H,22,23)/t11-/m1/s1. The Bertz CT molecular complexity index is 867. The van der Waals surface area contributed by atoms with Crippen LogP contribution in [0.1, 0.15) is 43.5 Å². The number of nitriles is 1. The highest BCUT2D eigenvalue weighted by Gasteiger charge is 2.39. The molecule has 24 heavy (non-hydrogen) atoms. The second-order valence-electron chi connectivity index (χ2n) is 6.63. The van der Waals surface area contributed by atoms with Gasteiger partial charge in [-0.05, 0) is 12.1 Å². The Morgan fingerprint density at radius 1 is 1.25 bits per heavy atom. The number of rotatable bonds is 1. The quantitative estimate of drug-likeness (QED) is 0.794. The van der Waals surface area contributed by atoms with Crippen LogP contribution >= 0.6 is 23.2 Å². The van der Waals surface area contributed by atoms with Crippen molar-refractivity contribution in [2.75, 3.05) is 0 Å². The number of nitrogens with zero attached hydrogens (tertiary/aromatic N) is 2. The minimum atomic E-state index is -0.534. The molecule has 2 aromatic rings. The van der Waals surface area contributed by atoms with Crippen molar-refractivity contribution in [3.8, 4) is 11.9 Å². The zero-order valence-electron chi connectivity index (χ0n) is 13.4. The summed E-state index contributed by atoms with van der Waals surface area (Å²) in [5.41, 5.74) is 8.17. The van der Waals surface area contributed by atoms with Gasteiger partial charge in [0, 0.05) is 26.7 Å². The van der Waals surface area contributed by atoms with E-state index in [9.17, 15) is 5.26 Å². The van der Waals surface area contributed by atoms with Crippen molar-refractivity contribution in [1.29, 1.82) is 5.26 Å². The van der Waals surface area contributed by atoms with Gasteiger partial charge in [-0.1, -0.05) is 50.0 Å². The molecule has 5 nitrogen and oxygen atoms in total. The molecule has 1 aliphatic rings. The van der Waals surface area contributed by atoms with E-state index in [0.717, 1.165) is 11.3 Å². The average molecular weight is 363 g/mol. The number of fused-ring (bicyclic) bond motifs is 1. The van der Waals surface area contributed by atoms with Crippen LogP contribution in [0.2, 0.25) is 10.0 Å². The SMILES string of the molecule is CC(C)(C)c1[nH]nc2c1[C@@H](c1c(Cl)cccc1Cl)C(C#N)=C(N)O2. The van der Waals surface area contributed by atoms with Crippen molar-refractivity contribution in [1.82, 2.24) is 10.2 Å². The summed E-state index contributed by atoms with van der Waals surface area (Å²) in [6.07, 6.45) is 0. The molecule has 0 unspecified atom stereocenters. The Morgan fingerprint density at radius 2 is 1.88 bits per heavy atom. The van der Waals surface area contributed by atoms with Crippen LogP contribution in [0.4, 0.5) is 0 Å². The van der Waals surface area contributed by atoms with Gasteiger partial charge in [-0.25, -0.2) is 0 Å². The van der Waals surface area contributed by atoms with E-state index >= 15 is 0 Å². The van der Waals surface area contributed by atoms with E-state index in [1.54, 1.807) is 18.2 Å². The van der Waals surface area contributed by atoms with Crippen LogP contribution in [0.3, 0.4) is 0 Å². The minimum Gasteiger partial charge on any atom is -0.420 e. The maximum absolute atomic E-state index is 9.65. The Morgan fingerprint density at radius 3 is 2.42 bits per heavy atom. The number of allylic oxidation sites excluding steroid dienone is 1.